The second-order valence-electron chi connectivity index (χ2n) is 5.46. The number of methoxy groups -OCH3 is 1. The van der Waals surface area contributed by atoms with Crippen molar-refractivity contribution in [1.82, 2.24) is 0 Å². The first-order valence-corrected chi connectivity index (χ1v) is 6.83. The van der Waals surface area contributed by atoms with Crippen LogP contribution < -0.4 is 0 Å². The van der Waals surface area contributed by atoms with Crippen LogP contribution in [0.1, 0.15) is 51.4 Å². The fraction of sp³-hybridized carbons (Fsp3) is 0.857. The fourth-order valence-corrected chi connectivity index (χ4v) is 3.46. The number of carbonyl (C=O) groups is 2. The Labute approximate surface area is 103 Å². The second-order valence-corrected chi connectivity index (χ2v) is 5.46. The summed E-state index contributed by atoms with van der Waals surface area (Å²) < 4.78 is 4.65. The molecule has 0 bridgehead atoms. The summed E-state index contributed by atoms with van der Waals surface area (Å²) in [6.07, 6.45) is 8.46. The van der Waals surface area contributed by atoms with E-state index in [1.54, 1.807) is 0 Å². The smallest absolute Gasteiger partial charge is 0.306 e. The number of Topliss-reactive ketones (excluding diaryl/α,β-unsaturated/α-hetero) is 1. The number of rotatable bonds is 3. The van der Waals surface area contributed by atoms with Gasteiger partial charge in [0, 0.05) is 11.8 Å². The summed E-state index contributed by atoms with van der Waals surface area (Å²) in [6.45, 7) is 0. The van der Waals surface area contributed by atoms with Crippen molar-refractivity contribution in [3.05, 3.63) is 0 Å². The lowest BCUT2D eigenvalue weighted by atomic mass is 9.78. The summed E-state index contributed by atoms with van der Waals surface area (Å²) in [7, 11) is 1.39. The van der Waals surface area contributed by atoms with E-state index in [9.17, 15) is 9.59 Å². The van der Waals surface area contributed by atoms with E-state index in [1.807, 2.05) is 0 Å². The number of carbonyl (C=O) groups excluding carboxylic acids is 2. The Bertz CT molecular complexity index is 292. The third kappa shape index (κ3) is 2.88. The van der Waals surface area contributed by atoms with Crippen LogP contribution in [0.3, 0.4) is 0 Å². The average molecular weight is 238 g/mol. The lowest BCUT2D eigenvalue weighted by Crippen LogP contribution is -2.25. The maximum atomic E-state index is 12.2. The van der Waals surface area contributed by atoms with Gasteiger partial charge in [0.1, 0.15) is 5.78 Å². The zero-order valence-electron chi connectivity index (χ0n) is 10.6. The van der Waals surface area contributed by atoms with Crippen LogP contribution in [0.2, 0.25) is 0 Å². The Morgan fingerprint density at radius 3 is 2.53 bits per heavy atom. The minimum atomic E-state index is -0.243. The first-order valence-electron chi connectivity index (χ1n) is 6.83. The zero-order valence-corrected chi connectivity index (χ0v) is 10.6. The highest BCUT2D eigenvalue weighted by molar-refractivity contribution is 5.89. The number of ketones is 1. The first-order chi connectivity index (χ1) is 8.22. The molecule has 0 radical (unpaired) electrons. The Balaban J connectivity index is 1.90. The molecule has 0 heterocycles. The molecule has 2 aliphatic carbocycles. The summed E-state index contributed by atoms with van der Waals surface area (Å²) in [4.78, 5) is 23.5. The van der Waals surface area contributed by atoms with Crippen LogP contribution in [-0.4, -0.2) is 18.9 Å². The van der Waals surface area contributed by atoms with Crippen molar-refractivity contribution in [3.8, 4) is 0 Å². The highest BCUT2D eigenvalue weighted by Crippen LogP contribution is 2.40. The van der Waals surface area contributed by atoms with E-state index >= 15 is 0 Å². The van der Waals surface area contributed by atoms with E-state index in [1.165, 1.54) is 39.2 Å². The summed E-state index contributed by atoms with van der Waals surface area (Å²) in [6, 6.07) is 0. The molecule has 3 nitrogen and oxygen atoms in total. The monoisotopic (exact) mass is 238 g/mol. The highest BCUT2D eigenvalue weighted by Gasteiger charge is 2.39. The van der Waals surface area contributed by atoms with Gasteiger partial charge >= 0.3 is 5.97 Å². The average Bonchev–Trinajstić information content (AvgIpc) is 2.72. The van der Waals surface area contributed by atoms with E-state index in [0.717, 1.165) is 12.8 Å². The van der Waals surface area contributed by atoms with Crippen molar-refractivity contribution in [1.29, 1.82) is 0 Å². The molecule has 0 aromatic rings. The lowest BCUT2D eigenvalue weighted by molar-refractivity contribution is -0.143. The van der Waals surface area contributed by atoms with E-state index in [4.69, 9.17) is 0 Å². The number of hydrogen-bond donors (Lipinski definition) is 0. The molecule has 96 valence electrons. The molecule has 17 heavy (non-hydrogen) atoms. The van der Waals surface area contributed by atoms with Gasteiger partial charge in [-0.05, 0) is 31.6 Å². The van der Waals surface area contributed by atoms with E-state index < -0.39 is 0 Å². The van der Waals surface area contributed by atoms with Gasteiger partial charge in [-0.15, -0.1) is 0 Å². The van der Waals surface area contributed by atoms with E-state index in [-0.39, 0.29) is 17.8 Å². The van der Waals surface area contributed by atoms with Crippen molar-refractivity contribution in [2.45, 2.75) is 51.4 Å². The van der Waals surface area contributed by atoms with Gasteiger partial charge in [-0.3, -0.25) is 9.59 Å². The Hall–Kier alpha value is -0.860. The Kier molecular flexibility index (Phi) is 4.19. The molecule has 0 saturated heterocycles. The van der Waals surface area contributed by atoms with Crippen molar-refractivity contribution >= 4 is 11.8 Å². The number of esters is 1. The topological polar surface area (TPSA) is 43.4 Å². The summed E-state index contributed by atoms with van der Waals surface area (Å²) >= 11 is 0. The molecule has 2 saturated carbocycles. The molecule has 0 aromatic carbocycles. The first kappa shape index (κ1) is 12.6. The maximum absolute atomic E-state index is 12.2. The fourth-order valence-electron chi connectivity index (χ4n) is 3.46. The molecule has 0 spiro atoms. The molecule has 3 heteroatoms. The Morgan fingerprint density at radius 2 is 1.88 bits per heavy atom. The largest absolute Gasteiger partial charge is 0.469 e. The molecule has 2 rings (SSSR count). The number of ether oxygens (including phenoxy) is 1. The third-order valence-electron chi connectivity index (χ3n) is 4.45. The predicted octanol–water partition coefficient (Wildman–Crippen LogP) is 2.73. The molecule has 0 N–H and O–H groups in total. The van der Waals surface area contributed by atoms with Crippen LogP contribution >= 0.6 is 0 Å². The quantitative estimate of drug-likeness (QED) is 0.710. The molecular formula is C14H22O3. The van der Waals surface area contributed by atoms with Crippen LogP contribution in [-0.2, 0) is 14.3 Å². The van der Waals surface area contributed by atoms with Crippen molar-refractivity contribution in [3.63, 3.8) is 0 Å². The standard InChI is InChI=1S/C14H22O3/c1-17-13(15)9-11-7-8-12(14(11)16)10-5-3-2-4-6-10/h10-12H,2-9H2,1H3/t11-,12+/m1/s1. The lowest BCUT2D eigenvalue weighted by Gasteiger charge is -2.26. The summed E-state index contributed by atoms with van der Waals surface area (Å²) in [5.74, 6) is 0.869. The third-order valence-corrected chi connectivity index (χ3v) is 4.45. The zero-order chi connectivity index (χ0) is 12.3. The van der Waals surface area contributed by atoms with Gasteiger partial charge in [0.25, 0.3) is 0 Å². The molecule has 2 atom stereocenters. The van der Waals surface area contributed by atoms with Gasteiger partial charge in [-0.25, -0.2) is 0 Å². The molecule has 2 fully saturated rings. The number of hydrogen-bond acceptors (Lipinski definition) is 3. The van der Waals surface area contributed by atoms with Gasteiger partial charge < -0.3 is 4.74 Å². The van der Waals surface area contributed by atoms with Crippen LogP contribution in [0.4, 0.5) is 0 Å². The molecule has 0 amide bonds. The molecule has 0 unspecified atom stereocenters. The maximum Gasteiger partial charge on any atom is 0.306 e. The van der Waals surface area contributed by atoms with Gasteiger partial charge in [0.05, 0.1) is 13.5 Å². The highest BCUT2D eigenvalue weighted by atomic mass is 16.5. The van der Waals surface area contributed by atoms with Gasteiger partial charge in [-0.2, -0.15) is 0 Å². The minimum absolute atomic E-state index is 0.0608. The predicted molar refractivity (Wildman–Crippen MR) is 64.4 cm³/mol. The van der Waals surface area contributed by atoms with Gasteiger partial charge in [0.2, 0.25) is 0 Å². The van der Waals surface area contributed by atoms with Gasteiger partial charge in [-0.1, -0.05) is 19.3 Å². The Morgan fingerprint density at radius 1 is 1.18 bits per heavy atom. The van der Waals surface area contributed by atoms with Gasteiger partial charge in [0.15, 0.2) is 0 Å². The van der Waals surface area contributed by atoms with E-state index in [0.29, 0.717) is 18.1 Å². The summed E-state index contributed by atoms with van der Waals surface area (Å²) in [5.41, 5.74) is 0. The molecular weight excluding hydrogens is 216 g/mol. The van der Waals surface area contributed by atoms with Crippen LogP contribution in [0.25, 0.3) is 0 Å². The van der Waals surface area contributed by atoms with Crippen LogP contribution in [0, 0.1) is 17.8 Å². The molecule has 0 aliphatic heterocycles. The van der Waals surface area contributed by atoms with E-state index in [2.05, 4.69) is 4.74 Å². The van der Waals surface area contributed by atoms with Crippen LogP contribution in [0.15, 0.2) is 0 Å². The van der Waals surface area contributed by atoms with Crippen molar-refractivity contribution in [2.75, 3.05) is 7.11 Å². The van der Waals surface area contributed by atoms with Crippen molar-refractivity contribution < 1.29 is 14.3 Å². The normalized spacial score (nSPS) is 30.5. The second kappa shape index (κ2) is 5.65. The molecule has 0 aromatic heterocycles. The summed E-state index contributed by atoms with van der Waals surface area (Å²) in [5, 5.41) is 0. The van der Waals surface area contributed by atoms with Crippen molar-refractivity contribution in [2.24, 2.45) is 17.8 Å². The molecule has 2 aliphatic rings. The SMILES string of the molecule is COC(=O)C[C@H]1CC[C@@H](C2CCCCC2)C1=O. The minimum Gasteiger partial charge on any atom is -0.469 e. The van der Waals surface area contributed by atoms with Crippen LogP contribution in [0.5, 0.6) is 0 Å².